The van der Waals surface area contributed by atoms with Crippen molar-refractivity contribution in [3.05, 3.63) is 34.9 Å². The summed E-state index contributed by atoms with van der Waals surface area (Å²) in [4.78, 5) is 10.3. The van der Waals surface area contributed by atoms with E-state index in [1.54, 1.807) is 10.9 Å². The van der Waals surface area contributed by atoms with E-state index >= 15 is 0 Å². The van der Waals surface area contributed by atoms with Crippen molar-refractivity contribution in [1.82, 2.24) is 19.6 Å². The van der Waals surface area contributed by atoms with Crippen LogP contribution in [0.15, 0.2) is 24.8 Å². The number of hydrogen-bond donors (Lipinski definition) is 1. The molecule has 190 valence electrons. The second-order valence-corrected chi connectivity index (χ2v) is 12.1. The van der Waals surface area contributed by atoms with Crippen molar-refractivity contribution in [3.63, 3.8) is 0 Å². The Morgan fingerprint density at radius 3 is 1.53 bits per heavy atom. The molecule has 2 aliphatic heterocycles. The van der Waals surface area contributed by atoms with Gasteiger partial charge in [-0.25, -0.2) is 0 Å². The maximum Gasteiger partial charge on any atom is 0.307 e. The van der Waals surface area contributed by atoms with E-state index in [0.29, 0.717) is 6.04 Å². The molecule has 0 spiro atoms. The molecule has 4 heterocycles. The molecule has 0 aliphatic carbocycles. The number of aromatic nitrogens is 4. The van der Waals surface area contributed by atoms with E-state index < -0.39 is 4.92 Å². The van der Waals surface area contributed by atoms with E-state index in [4.69, 9.17) is 15.2 Å². The minimum Gasteiger partial charge on any atom is -0.396 e. The van der Waals surface area contributed by atoms with Gasteiger partial charge in [0.1, 0.15) is 12.4 Å². The number of nitrogens with two attached hydrogens (primary N) is 1. The monoisotopic (exact) mass is 476 g/mol. The van der Waals surface area contributed by atoms with Crippen LogP contribution in [0.2, 0.25) is 0 Å². The number of nitro groups is 1. The predicted molar refractivity (Wildman–Crippen MR) is 131 cm³/mol. The van der Waals surface area contributed by atoms with Crippen molar-refractivity contribution in [2.45, 2.75) is 116 Å². The zero-order valence-electron chi connectivity index (χ0n) is 21.7. The first-order valence-corrected chi connectivity index (χ1v) is 11.8. The summed E-state index contributed by atoms with van der Waals surface area (Å²) >= 11 is 0. The summed E-state index contributed by atoms with van der Waals surface area (Å²) in [5, 5.41) is 19.1. The van der Waals surface area contributed by atoms with Crippen LogP contribution in [0, 0.1) is 10.1 Å². The highest BCUT2D eigenvalue weighted by Crippen LogP contribution is 2.41. The normalized spacial score (nSPS) is 23.6. The van der Waals surface area contributed by atoms with Crippen LogP contribution >= 0.6 is 0 Å². The second-order valence-electron chi connectivity index (χ2n) is 12.1. The third kappa shape index (κ3) is 6.79. The maximum absolute atomic E-state index is 10.7. The van der Waals surface area contributed by atoms with E-state index in [1.807, 2.05) is 38.6 Å². The average molecular weight is 477 g/mol. The Labute approximate surface area is 201 Å². The molecule has 2 N–H and O–H groups in total. The number of hydrogen-bond acceptors (Lipinski definition) is 7. The van der Waals surface area contributed by atoms with Crippen molar-refractivity contribution in [2.75, 3.05) is 5.73 Å². The molecule has 0 aromatic carbocycles. The second kappa shape index (κ2) is 8.96. The number of nitrogen functional groups attached to an aromatic ring is 1. The van der Waals surface area contributed by atoms with Crippen molar-refractivity contribution < 1.29 is 14.4 Å². The van der Waals surface area contributed by atoms with Crippen LogP contribution in [0.25, 0.3) is 0 Å². The van der Waals surface area contributed by atoms with Crippen LogP contribution in [0.5, 0.6) is 0 Å². The molecule has 10 heteroatoms. The van der Waals surface area contributed by atoms with Gasteiger partial charge < -0.3 is 15.2 Å². The third-order valence-electron chi connectivity index (χ3n) is 6.18. The fourth-order valence-corrected chi connectivity index (χ4v) is 5.63. The molecule has 0 saturated carbocycles. The fourth-order valence-electron chi connectivity index (χ4n) is 5.63. The molecule has 0 unspecified atom stereocenters. The van der Waals surface area contributed by atoms with Gasteiger partial charge in [0.25, 0.3) is 0 Å². The summed E-state index contributed by atoms with van der Waals surface area (Å²) in [7, 11) is 0. The van der Waals surface area contributed by atoms with Crippen LogP contribution < -0.4 is 5.73 Å². The summed E-state index contributed by atoms with van der Waals surface area (Å²) in [6.45, 7) is 16.7. The maximum atomic E-state index is 10.7. The first-order chi connectivity index (χ1) is 15.5. The SMILES string of the molecule is CC1(C)CC(n2cc(N)cn2)CC(C)(C)O1.CC1(C)CC(n2cc([N+](=O)[O-])cn2)CC(C)(C)O1. The van der Waals surface area contributed by atoms with Gasteiger partial charge in [-0.3, -0.25) is 19.5 Å². The first kappa shape index (κ1) is 26.2. The zero-order valence-corrected chi connectivity index (χ0v) is 21.7. The number of nitrogens with zero attached hydrogens (tertiary/aromatic N) is 5. The van der Waals surface area contributed by atoms with E-state index in [2.05, 4.69) is 37.9 Å². The topological polar surface area (TPSA) is 123 Å². The lowest BCUT2D eigenvalue weighted by Crippen LogP contribution is -2.45. The van der Waals surface area contributed by atoms with Gasteiger partial charge in [-0.05, 0) is 81.1 Å². The van der Waals surface area contributed by atoms with E-state index in [1.165, 1.54) is 12.4 Å². The molecule has 2 aromatic rings. The average Bonchev–Trinajstić information content (AvgIpc) is 3.26. The zero-order chi connectivity index (χ0) is 25.5. The lowest BCUT2D eigenvalue weighted by Gasteiger charge is -2.45. The molecule has 2 saturated heterocycles. The van der Waals surface area contributed by atoms with Crippen LogP contribution in [0.3, 0.4) is 0 Å². The molecule has 0 radical (unpaired) electrons. The predicted octanol–water partition coefficient (Wildman–Crippen LogP) is 5.07. The van der Waals surface area contributed by atoms with Gasteiger partial charge in [-0.15, -0.1) is 0 Å². The molecule has 0 atom stereocenters. The Morgan fingerprint density at radius 2 is 1.21 bits per heavy atom. The van der Waals surface area contributed by atoms with Gasteiger partial charge in [-0.1, -0.05) is 0 Å². The Balaban J connectivity index is 0.000000192. The van der Waals surface area contributed by atoms with Crippen LogP contribution in [-0.4, -0.2) is 46.9 Å². The van der Waals surface area contributed by atoms with Crippen LogP contribution in [-0.2, 0) is 9.47 Å². The molecule has 2 aromatic heterocycles. The molecule has 34 heavy (non-hydrogen) atoms. The highest BCUT2D eigenvalue weighted by molar-refractivity contribution is 5.30. The van der Waals surface area contributed by atoms with Crippen molar-refractivity contribution in [3.8, 4) is 0 Å². The van der Waals surface area contributed by atoms with E-state index in [-0.39, 0.29) is 34.1 Å². The highest BCUT2D eigenvalue weighted by Gasteiger charge is 2.41. The molecule has 2 aliphatic rings. The summed E-state index contributed by atoms with van der Waals surface area (Å²) in [6, 6.07) is 0.508. The van der Waals surface area contributed by atoms with Crippen molar-refractivity contribution in [1.29, 1.82) is 0 Å². The summed E-state index contributed by atoms with van der Waals surface area (Å²) in [5.41, 5.74) is 5.78. The summed E-state index contributed by atoms with van der Waals surface area (Å²) in [6.07, 6.45) is 9.95. The Hall–Kier alpha value is -2.46. The van der Waals surface area contributed by atoms with Gasteiger partial charge in [-0.2, -0.15) is 10.2 Å². The van der Waals surface area contributed by atoms with Gasteiger partial charge in [0.15, 0.2) is 0 Å². The third-order valence-corrected chi connectivity index (χ3v) is 6.18. The smallest absolute Gasteiger partial charge is 0.307 e. The molecular formula is C24H40N6O4. The van der Waals surface area contributed by atoms with Crippen LogP contribution in [0.4, 0.5) is 11.4 Å². The first-order valence-electron chi connectivity index (χ1n) is 11.8. The summed E-state index contributed by atoms with van der Waals surface area (Å²) in [5.74, 6) is 0. The lowest BCUT2D eigenvalue weighted by molar-refractivity contribution is -0.385. The van der Waals surface area contributed by atoms with E-state index in [0.717, 1.165) is 31.4 Å². The largest absolute Gasteiger partial charge is 0.396 e. The lowest BCUT2D eigenvalue weighted by atomic mass is 9.85. The number of ether oxygens (including phenoxy) is 2. The molecule has 10 nitrogen and oxygen atoms in total. The van der Waals surface area contributed by atoms with Gasteiger partial charge in [0, 0.05) is 6.20 Å². The fraction of sp³-hybridized carbons (Fsp3) is 0.750. The number of anilines is 1. The Kier molecular flexibility index (Phi) is 6.89. The summed E-state index contributed by atoms with van der Waals surface area (Å²) < 4.78 is 15.7. The molecule has 4 rings (SSSR count). The van der Waals surface area contributed by atoms with Crippen molar-refractivity contribution in [2.24, 2.45) is 0 Å². The molecule has 0 bridgehead atoms. The van der Waals surface area contributed by atoms with Crippen LogP contribution in [0.1, 0.15) is 93.2 Å². The Bertz CT molecular complexity index is 975. The minimum absolute atomic E-state index is 0.0390. The standard InChI is InChI=1S/C12H19N3O3.C12H21N3O/c1-11(2)5-9(6-12(3,4)18-11)14-8-10(7-13-14)15(16)17;1-11(2)5-10(6-12(3,4)16-11)15-8-9(13)7-14-15/h7-9H,5-6H2,1-4H3;7-8,10H,5-6,13H2,1-4H3. The number of rotatable bonds is 3. The molecular weight excluding hydrogens is 436 g/mol. The minimum atomic E-state index is -0.418. The van der Waals surface area contributed by atoms with Gasteiger partial charge in [0.05, 0.1) is 51.3 Å². The molecule has 2 fully saturated rings. The molecule has 0 amide bonds. The Morgan fingerprint density at radius 1 is 0.824 bits per heavy atom. The van der Waals surface area contributed by atoms with Gasteiger partial charge in [0.2, 0.25) is 0 Å². The quantitative estimate of drug-likeness (QED) is 0.484. The van der Waals surface area contributed by atoms with E-state index in [9.17, 15) is 10.1 Å². The van der Waals surface area contributed by atoms with Crippen molar-refractivity contribution >= 4 is 11.4 Å². The van der Waals surface area contributed by atoms with Gasteiger partial charge >= 0.3 is 5.69 Å². The highest BCUT2D eigenvalue weighted by atomic mass is 16.6.